The lowest BCUT2D eigenvalue weighted by molar-refractivity contribution is -0.384. The smallest absolute Gasteiger partial charge is 0.338 e. The number of methoxy groups -OCH3 is 1. The zero-order chi connectivity index (χ0) is 23.0. The molecule has 0 saturated carbocycles. The molecule has 8 nitrogen and oxygen atoms in total. The quantitative estimate of drug-likeness (QED) is 0.343. The fourth-order valence-corrected chi connectivity index (χ4v) is 4.57. The molecule has 2 heterocycles. The number of nitro benzene ring substituents is 1. The maximum Gasteiger partial charge on any atom is 0.338 e. The van der Waals surface area contributed by atoms with Crippen LogP contribution in [0.5, 0.6) is 0 Å². The van der Waals surface area contributed by atoms with Crippen LogP contribution in [0.4, 0.5) is 10.1 Å². The Bertz CT molecular complexity index is 1450. The van der Waals surface area contributed by atoms with Crippen LogP contribution in [0.15, 0.2) is 69.6 Å². The fraction of sp³-hybridized carbons (Fsp3) is 0.136. The zero-order valence-electron chi connectivity index (χ0n) is 16.9. The van der Waals surface area contributed by atoms with Gasteiger partial charge in [0.2, 0.25) is 0 Å². The van der Waals surface area contributed by atoms with Gasteiger partial charge in [0.1, 0.15) is 11.9 Å². The van der Waals surface area contributed by atoms with E-state index in [0.717, 1.165) is 11.3 Å². The monoisotopic (exact) mass is 453 g/mol. The van der Waals surface area contributed by atoms with Crippen molar-refractivity contribution < 1.29 is 18.8 Å². The van der Waals surface area contributed by atoms with E-state index in [-0.39, 0.29) is 21.4 Å². The van der Waals surface area contributed by atoms with E-state index >= 15 is 0 Å². The van der Waals surface area contributed by atoms with Crippen molar-refractivity contribution in [2.75, 3.05) is 7.11 Å². The summed E-state index contributed by atoms with van der Waals surface area (Å²) in [5.41, 5.74) is 0.591. The van der Waals surface area contributed by atoms with Crippen molar-refractivity contribution in [2.24, 2.45) is 4.99 Å². The summed E-state index contributed by atoms with van der Waals surface area (Å²) >= 11 is 1.08. The molecule has 32 heavy (non-hydrogen) atoms. The third-order valence-corrected chi connectivity index (χ3v) is 6.01. The molecule has 1 aromatic heterocycles. The number of fused-ring (bicyclic) bond motifs is 1. The number of non-ortho nitro benzene ring substituents is 1. The van der Waals surface area contributed by atoms with Crippen molar-refractivity contribution in [3.63, 3.8) is 0 Å². The van der Waals surface area contributed by atoms with Crippen LogP contribution in [0, 0.1) is 15.9 Å². The van der Waals surface area contributed by atoms with Crippen LogP contribution in [-0.4, -0.2) is 22.6 Å². The first kappa shape index (κ1) is 21.3. The Morgan fingerprint density at radius 2 is 1.94 bits per heavy atom. The summed E-state index contributed by atoms with van der Waals surface area (Å²) in [4.78, 5) is 40.9. The number of hydrogen-bond donors (Lipinski definition) is 0. The van der Waals surface area contributed by atoms with Crippen LogP contribution in [-0.2, 0) is 9.53 Å². The Kier molecular flexibility index (Phi) is 5.54. The van der Waals surface area contributed by atoms with Crippen molar-refractivity contribution in [3.8, 4) is 0 Å². The SMILES string of the molecule is COC(=O)C1=C(C)N=c2sc(=Cc3ccc([N+](=O)[O-])cc3)c(=O)n2C1c1ccccc1F. The molecule has 0 amide bonds. The molecule has 0 aliphatic carbocycles. The minimum absolute atomic E-state index is 0.0680. The number of rotatable bonds is 4. The van der Waals surface area contributed by atoms with Crippen molar-refractivity contribution in [2.45, 2.75) is 13.0 Å². The van der Waals surface area contributed by atoms with E-state index in [1.807, 2.05) is 0 Å². The van der Waals surface area contributed by atoms with Crippen LogP contribution in [0.1, 0.15) is 24.1 Å². The maximum atomic E-state index is 14.7. The van der Waals surface area contributed by atoms with Crippen molar-refractivity contribution >= 4 is 29.1 Å². The molecule has 0 spiro atoms. The Morgan fingerprint density at radius 3 is 2.56 bits per heavy atom. The van der Waals surface area contributed by atoms with Crippen LogP contribution in [0.3, 0.4) is 0 Å². The topological polar surface area (TPSA) is 104 Å². The first-order chi connectivity index (χ1) is 15.3. The molecule has 3 aromatic rings. The van der Waals surface area contributed by atoms with E-state index < -0.39 is 28.3 Å². The molecule has 1 atom stereocenters. The van der Waals surface area contributed by atoms with E-state index in [2.05, 4.69) is 4.99 Å². The average Bonchev–Trinajstić information content (AvgIpc) is 3.07. The van der Waals surface area contributed by atoms with Crippen molar-refractivity contribution in [3.05, 3.63) is 107 Å². The lowest BCUT2D eigenvalue weighted by atomic mass is 9.95. The third-order valence-electron chi connectivity index (χ3n) is 5.03. The molecule has 0 bridgehead atoms. The van der Waals surface area contributed by atoms with Crippen molar-refractivity contribution in [1.82, 2.24) is 4.57 Å². The minimum Gasteiger partial charge on any atom is -0.466 e. The first-order valence-corrected chi connectivity index (χ1v) is 10.2. The van der Waals surface area contributed by atoms with Crippen molar-refractivity contribution in [1.29, 1.82) is 0 Å². The van der Waals surface area contributed by atoms with E-state index in [4.69, 9.17) is 4.74 Å². The van der Waals surface area contributed by atoms with Crippen LogP contribution < -0.4 is 14.9 Å². The highest BCUT2D eigenvalue weighted by Gasteiger charge is 2.34. The summed E-state index contributed by atoms with van der Waals surface area (Å²) in [6.45, 7) is 1.60. The Labute approximate surface area is 184 Å². The van der Waals surface area contributed by atoms with E-state index in [9.17, 15) is 24.1 Å². The molecule has 0 saturated heterocycles. The Hall–Kier alpha value is -3.92. The molecule has 2 aromatic carbocycles. The van der Waals surface area contributed by atoms with Crippen LogP contribution in [0.2, 0.25) is 0 Å². The number of nitro groups is 1. The molecule has 10 heteroatoms. The number of nitrogens with zero attached hydrogens (tertiary/aromatic N) is 3. The van der Waals surface area contributed by atoms with Gasteiger partial charge < -0.3 is 4.74 Å². The van der Waals surface area contributed by atoms with Gasteiger partial charge >= 0.3 is 5.97 Å². The van der Waals surface area contributed by atoms with E-state index in [0.29, 0.717) is 16.1 Å². The molecule has 162 valence electrons. The molecule has 1 aliphatic heterocycles. The second-order valence-electron chi connectivity index (χ2n) is 6.94. The second-order valence-corrected chi connectivity index (χ2v) is 7.95. The Morgan fingerprint density at radius 1 is 1.25 bits per heavy atom. The number of ether oxygens (including phenoxy) is 1. The van der Waals surface area contributed by atoms with Gasteiger partial charge in [-0.1, -0.05) is 29.5 Å². The van der Waals surface area contributed by atoms with Gasteiger partial charge in [-0.2, -0.15) is 0 Å². The number of hydrogen-bond acceptors (Lipinski definition) is 7. The average molecular weight is 453 g/mol. The predicted octanol–water partition coefficient (Wildman–Crippen LogP) is 2.46. The van der Waals surface area contributed by atoms with E-state index in [1.54, 1.807) is 19.1 Å². The molecule has 1 aliphatic rings. The lowest BCUT2D eigenvalue weighted by Crippen LogP contribution is -2.40. The number of halogens is 1. The van der Waals surface area contributed by atoms with Gasteiger partial charge in [-0.25, -0.2) is 14.2 Å². The summed E-state index contributed by atoms with van der Waals surface area (Å²) < 4.78 is 21.2. The maximum absolute atomic E-state index is 14.7. The van der Waals surface area contributed by atoms with Gasteiger partial charge in [0.15, 0.2) is 4.80 Å². The van der Waals surface area contributed by atoms with Gasteiger partial charge in [-0.3, -0.25) is 19.5 Å². The molecule has 0 radical (unpaired) electrons. The molecule has 0 fully saturated rings. The number of thiazole rings is 1. The van der Waals surface area contributed by atoms with Gasteiger partial charge in [0.25, 0.3) is 11.2 Å². The zero-order valence-corrected chi connectivity index (χ0v) is 17.8. The number of benzene rings is 2. The number of carbonyl (C=O) groups excluding carboxylic acids is 1. The van der Waals surface area contributed by atoms with Gasteiger partial charge in [0, 0.05) is 17.7 Å². The number of aromatic nitrogens is 1. The normalized spacial score (nSPS) is 15.8. The standard InChI is InChI=1S/C22H16FN3O5S/c1-12-18(21(28)31-2)19(15-5-3-4-6-16(15)23)25-20(27)17(32-22(25)24-12)11-13-7-9-14(10-8-13)26(29)30/h3-11,19H,1-2H3. The summed E-state index contributed by atoms with van der Waals surface area (Å²) in [6, 6.07) is 10.6. The highest BCUT2D eigenvalue weighted by atomic mass is 32.1. The number of allylic oxidation sites excluding steroid dienone is 1. The summed E-state index contributed by atoms with van der Waals surface area (Å²) in [5.74, 6) is -1.28. The van der Waals surface area contributed by atoms with Crippen LogP contribution in [0.25, 0.3) is 6.08 Å². The number of esters is 1. The van der Waals surface area contributed by atoms with Gasteiger partial charge in [0.05, 0.1) is 27.8 Å². The first-order valence-electron chi connectivity index (χ1n) is 9.41. The molecule has 4 rings (SSSR count). The molecular formula is C22H16FN3O5S. The van der Waals surface area contributed by atoms with Crippen LogP contribution >= 0.6 is 11.3 Å². The fourth-order valence-electron chi connectivity index (χ4n) is 3.53. The molecular weight excluding hydrogens is 437 g/mol. The highest BCUT2D eigenvalue weighted by Crippen LogP contribution is 2.31. The molecule has 0 N–H and O–H groups in total. The largest absolute Gasteiger partial charge is 0.466 e. The minimum atomic E-state index is -1.04. The van der Waals surface area contributed by atoms with E-state index in [1.165, 1.54) is 54.1 Å². The Balaban J connectivity index is 1.94. The third kappa shape index (κ3) is 3.65. The number of carbonyl (C=O) groups is 1. The summed E-state index contributed by atoms with van der Waals surface area (Å²) in [6.07, 6.45) is 1.57. The predicted molar refractivity (Wildman–Crippen MR) is 115 cm³/mol. The second kappa shape index (κ2) is 8.31. The summed E-state index contributed by atoms with van der Waals surface area (Å²) in [7, 11) is 1.21. The van der Waals surface area contributed by atoms with Gasteiger partial charge in [-0.05, 0) is 36.8 Å². The summed E-state index contributed by atoms with van der Waals surface area (Å²) in [5, 5.41) is 10.9. The van der Waals surface area contributed by atoms with Gasteiger partial charge in [-0.15, -0.1) is 0 Å². The molecule has 1 unspecified atom stereocenters. The lowest BCUT2D eigenvalue weighted by Gasteiger charge is -2.24. The highest BCUT2D eigenvalue weighted by molar-refractivity contribution is 7.07.